The molecule has 2 heterocycles. The van der Waals surface area contributed by atoms with Gasteiger partial charge in [0.25, 0.3) is 11.5 Å². The smallest absolute Gasteiger partial charge is 0.269 e. The molecular formula is C26H19ClN4O3. The number of ether oxygens (including phenoxy) is 1. The van der Waals surface area contributed by atoms with E-state index in [9.17, 15) is 14.9 Å². The Bertz CT molecular complexity index is 1530. The van der Waals surface area contributed by atoms with E-state index >= 15 is 0 Å². The minimum Gasteiger partial charge on any atom is -0.438 e. The van der Waals surface area contributed by atoms with Crippen LogP contribution < -0.4 is 15.6 Å². The highest BCUT2D eigenvalue weighted by atomic mass is 35.5. The van der Waals surface area contributed by atoms with Crippen molar-refractivity contribution in [3.8, 4) is 17.7 Å². The molecule has 0 atom stereocenters. The maximum absolute atomic E-state index is 13.3. The lowest BCUT2D eigenvalue weighted by atomic mass is 10.1. The Labute approximate surface area is 200 Å². The fourth-order valence-electron chi connectivity index (χ4n) is 3.20. The second-order valence-corrected chi connectivity index (χ2v) is 7.97. The first-order valence-electron chi connectivity index (χ1n) is 10.3. The zero-order chi connectivity index (χ0) is 24.2. The van der Waals surface area contributed by atoms with Gasteiger partial charge in [-0.2, -0.15) is 10.2 Å². The highest BCUT2D eigenvalue weighted by Crippen LogP contribution is 2.27. The SMILES string of the molecule is Cc1ccc(NC(=O)C(C#N)=Cc2c(Oc3ccc(Cl)c(C)c3)nc3ccccn3c2=O)cc1. The minimum atomic E-state index is -0.655. The van der Waals surface area contributed by atoms with E-state index in [1.54, 1.807) is 54.7 Å². The Kier molecular flexibility index (Phi) is 6.44. The van der Waals surface area contributed by atoms with Gasteiger partial charge < -0.3 is 10.1 Å². The number of fused-ring (bicyclic) bond motifs is 1. The van der Waals surface area contributed by atoms with Crippen LogP contribution in [-0.4, -0.2) is 15.3 Å². The number of hydrogen-bond donors (Lipinski definition) is 1. The summed E-state index contributed by atoms with van der Waals surface area (Å²) in [7, 11) is 0. The fourth-order valence-corrected chi connectivity index (χ4v) is 3.32. The summed E-state index contributed by atoms with van der Waals surface area (Å²) in [6, 6.07) is 19.1. The number of carbonyl (C=O) groups excluding carboxylic acids is 1. The van der Waals surface area contributed by atoms with E-state index in [0.717, 1.165) is 11.1 Å². The van der Waals surface area contributed by atoms with Crippen molar-refractivity contribution < 1.29 is 9.53 Å². The van der Waals surface area contributed by atoms with Crippen LogP contribution in [-0.2, 0) is 4.79 Å². The molecule has 7 nitrogen and oxygen atoms in total. The van der Waals surface area contributed by atoms with E-state index in [1.165, 1.54) is 10.5 Å². The predicted molar refractivity (Wildman–Crippen MR) is 131 cm³/mol. The van der Waals surface area contributed by atoms with Gasteiger partial charge in [0.2, 0.25) is 5.88 Å². The largest absolute Gasteiger partial charge is 0.438 e. The van der Waals surface area contributed by atoms with Gasteiger partial charge in [-0.1, -0.05) is 35.4 Å². The number of amides is 1. The molecule has 0 aliphatic rings. The molecule has 0 bridgehead atoms. The van der Waals surface area contributed by atoms with Crippen LogP contribution in [0.4, 0.5) is 5.69 Å². The molecule has 0 radical (unpaired) electrons. The summed E-state index contributed by atoms with van der Waals surface area (Å²) in [6.45, 7) is 3.75. The third kappa shape index (κ3) is 4.82. The lowest BCUT2D eigenvalue weighted by Gasteiger charge is -2.11. The molecule has 1 amide bonds. The van der Waals surface area contributed by atoms with E-state index in [4.69, 9.17) is 16.3 Å². The van der Waals surface area contributed by atoms with Crippen molar-refractivity contribution in [1.82, 2.24) is 9.38 Å². The average Bonchev–Trinajstić information content (AvgIpc) is 2.83. The fraction of sp³-hybridized carbons (Fsp3) is 0.0769. The molecule has 2 aromatic carbocycles. The average molecular weight is 471 g/mol. The van der Waals surface area contributed by atoms with Crippen molar-refractivity contribution in [2.75, 3.05) is 5.32 Å². The molecule has 8 heteroatoms. The van der Waals surface area contributed by atoms with E-state index in [2.05, 4.69) is 10.3 Å². The number of nitrogens with zero attached hydrogens (tertiary/aromatic N) is 3. The number of halogens is 1. The Hall–Kier alpha value is -4.41. The molecule has 0 aliphatic carbocycles. The summed E-state index contributed by atoms with van der Waals surface area (Å²) in [5, 5.41) is 12.9. The van der Waals surface area contributed by atoms with Gasteiger partial charge in [0.05, 0.1) is 0 Å². The molecule has 0 saturated carbocycles. The van der Waals surface area contributed by atoms with Crippen molar-refractivity contribution in [2.24, 2.45) is 0 Å². The van der Waals surface area contributed by atoms with Crippen molar-refractivity contribution in [3.05, 3.63) is 105 Å². The maximum atomic E-state index is 13.3. The zero-order valence-electron chi connectivity index (χ0n) is 18.4. The maximum Gasteiger partial charge on any atom is 0.269 e. The number of aryl methyl sites for hydroxylation is 2. The number of pyridine rings is 1. The van der Waals surface area contributed by atoms with Gasteiger partial charge in [-0.05, 0) is 68.0 Å². The molecule has 0 aliphatic heterocycles. The topological polar surface area (TPSA) is 96.5 Å². The molecule has 0 fully saturated rings. The van der Waals surface area contributed by atoms with Crippen LogP contribution in [0.5, 0.6) is 11.6 Å². The Morgan fingerprint density at radius 3 is 2.62 bits per heavy atom. The molecular weight excluding hydrogens is 452 g/mol. The highest BCUT2D eigenvalue weighted by molar-refractivity contribution is 6.31. The molecule has 168 valence electrons. The standard InChI is InChI=1S/C26H19ClN4O3/c1-16-6-8-19(9-7-16)29-24(32)18(15-28)14-21-25(34-20-10-11-22(27)17(2)13-20)30-23-5-3-4-12-31(23)26(21)33/h3-14H,1-2H3,(H,29,32). The van der Waals surface area contributed by atoms with Crippen LogP contribution in [0.2, 0.25) is 5.02 Å². The highest BCUT2D eigenvalue weighted by Gasteiger charge is 2.18. The van der Waals surface area contributed by atoms with Crippen molar-refractivity contribution >= 4 is 34.9 Å². The predicted octanol–water partition coefficient (Wildman–Crippen LogP) is 5.30. The number of anilines is 1. The minimum absolute atomic E-state index is 0.0335. The summed E-state index contributed by atoms with van der Waals surface area (Å²) >= 11 is 6.10. The number of benzene rings is 2. The number of nitrogens with one attached hydrogen (secondary N) is 1. The van der Waals surface area contributed by atoms with Crippen molar-refractivity contribution in [3.63, 3.8) is 0 Å². The molecule has 0 spiro atoms. The van der Waals surface area contributed by atoms with E-state index in [-0.39, 0.29) is 17.0 Å². The normalized spacial score (nSPS) is 11.2. The van der Waals surface area contributed by atoms with Crippen LogP contribution in [0.15, 0.2) is 77.2 Å². The molecule has 4 rings (SSSR count). The molecule has 0 saturated heterocycles. The summed E-state index contributed by atoms with van der Waals surface area (Å²) in [6.07, 6.45) is 2.74. The van der Waals surface area contributed by atoms with Crippen LogP contribution >= 0.6 is 11.6 Å². The summed E-state index contributed by atoms with van der Waals surface area (Å²) < 4.78 is 7.24. The monoisotopic (exact) mass is 470 g/mol. The second kappa shape index (κ2) is 9.61. The Morgan fingerprint density at radius 2 is 1.91 bits per heavy atom. The first-order valence-corrected chi connectivity index (χ1v) is 10.7. The van der Waals surface area contributed by atoms with Crippen molar-refractivity contribution in [1.29, 1.82) is 5.26 Å². The molecule has 4 aromatic rings. The molecule has 2 aromatic heterocycles. The summed E-state index contributed by atoms with van der Waals surface area (Å²) in [5.74, 6) is -0.280. The third-order valence-corrected chi connectivity index (χ3v) is 5.47. The number of nitriles is 1. The Balaban J connectivity index is 1.80. The third-order valence-electron chi connectivity index (χ3n) is 5.04. The number of rotatable bonds is 5. The van der Waals surface area contributed by atoms with Gasteiger partial charge in [0.15, 0.2) is 0 Å². The number of hydrogen-bond acceptors (Lipinski definition) is 5. The molecule has 1 N–H and O–H groups in total. The number of carbonyl (C=O) groups is 1. The van der Waals surface area contributed by atoms with Crippen LogP contribution in [0.3, 0.4) is 0 Å². The quantitative estimate of drug-likeness (QED) is 0.315. The lowest BCUT2D eigenvalue weighted by Crippen LogP contribution is -2.20. The summed E-state index contributed by atoms with van der Waals surface area (Å²) in [5.41, 5.74) is 1.90. The van der Waals surface area contributed by atoms with Crippen LogP contribution in [0, 0.1) is 25.2 Å². The molecule has 0 unspecified atom stereocenters. The lowest BCUT2D eigenvalue weighted by molar-refractivity contribution is -0.112. The Morgan fingerprint density at radius 1 is 1.15 bits per heavy atom. The molecule has 34 heavy (non-hydrogen) atoms. The van der Waals surface area contributed by atoms with Crippen LogP contribution in [0.25, 0.3) is 11.7 Å². The van der Waals surface area contributed by atoms with E-state index in [1.807, 2.05) is 32.0 Å². The second-order valence-electron chi connectivity index (χ2n) is 7.57. The van der Waals surface area contributed by atoms with Gasteiger partial charge in [0, 0.05) is 16.9 Å². The number of aromatic nitrogens is 2. The van der Waals surface area contributed by atoms with E-state index in [0.29, 0.717) is 22.1 Å². The first kappa shape index (κ1) is 22.8. The van der Waals surface area contributed by atoms with Crippen LogP contribution in [0.1, 0.15) is 16.7 Å². The zero-order valence-corrected chi connectivity index (χ0v) is 19.1. The van der Waals surface area contributed by atoms with Crippen molar-refractivity contribution in [2.45, 2.75) is 13.8 Å². The van der Waals surface area contributed by atoms with E-state index < -0.39 is 11.5 Å². The van der Waals surface area contributed by atoms with Gasteiger partial charge >= 0.3 is 0 Å². The van der Waals surface area contributed by atoms with Gasteiger partial charge in [-0.3, -0.25) is 14.0 Å². The summed E-state index contributed by atoms with van der Waals surface area (Å²) in [4.78, 5) is 30.5. The van der Waals surface area contributed by atoms with Gasteiger partial charge in [0.1, 0.15) is 28.6 Å². The first-order chi connectivity index (χ1) is 16.4. The van der Waals surface area contributed by atoms with Gasteiger partial charge in [-0.25, -0.2) is 0 Å². The van der Waals surface area contributed by atoms with Gasteiger partial charge in [-0.15, -0.1) is 0 Å².